The van der Waals surface area contributed by atoms with Crippen molar-refractivity contribution in [1.82, 2.24) is 4.98 Å². The number of nitrogens with one attached hydrogen (secondary N) is 1. The Kier molecular flexibility index (Phi) is 4.99. The quantitative estimate of drug-likeness (QED) is 0.602. The highest BCUT2D eigenvalue weighted by molar-refractivity contribution is 5.98. The van der Waals surface area contributed by atoms with E-state index in [1.54, 1.807) is 13.3 Å². The van der Waals surface area contributed by atoms with E-state index in [1.807, 2.05) is 12.1 Å². The summed E-state index contributed by atoms with van der Waals surface area (Å²) in [6.07, 6.45) is 3.67. The van der Waals surface area contributed by atoms with Gasteiger partial charge in [-0.2, -0.15) is 0 Å². The smallest absolute Gasteiger partial charge is 0.257 e. The van der Waals surface area contributed by atoms with Gasteiger partial charge < -0.3 is 10.1 Å². The van der Waals surface area contributed by atoms with Gasteiger partial charge in [0.1, 0.15) is 5.82 Å². The maximum absolute atomic E-state index is 11.2. The van der Waals surface area contributed by atoms with E-state index in [-0.39, 0.29) is 5.91 Å². The number of nitrogens with zero attached hydrogens (tertiary/aromatic N) is 1. The van der Waals surface area contributed by atoms with Crippen LogP contribution >= 0.6 is 0 Å². The van der Waals surface area contributed by atoms with Crippen LogP contribution in [0.4, 0.5) is 5.82 Å². The van der Waals surface area contributed by atoms with Crippen molar-refractivity contribution in [3.8, 4) is 0 Å². The van der Waals surface area contributed by atoms with Crippen molar-refractivity contribution >= 4 is 11.7 Å². The molecular formula is C12H14N2O2. The molecule has 1 heterocycles. The van der Waals surface area contributed by atoms with Crippen molar-refractivity contribution in [1.29, 1.82) is 0 Å². The van der Waals surface area contributed by atoms with Gasteiger partial charge in [-0.25, -0.2) is 4.98 Å². The summed E-state index contributed by atoms with van der Waals surface area (Å²) in [5, 5.41) is 2.61. The Morgan fingerprint density at radius 1 is 1.75 bits per heavy atom. The Labute approximate surface area is 94.7 Å². The Hall–Kier alpha value is -1.90. The molecule has 1 aromatic rings. The van der Waals surface area contributed by atoms with Crippen LogP contribution < -0.4 is 5.32 Å². The second-order valence-electron chi connectivity index (χ2n) is 3.13. The number of aromatic nitrogens is 1. The molecule has 0 spiro atoms. The number of carbonyl (C=O) groups is 1. The minimum atomic E-state index is -0.286. The van der Waals surface area contributed by atoms with E-state index < -0.39 is 0 Å². The van der Waals surface area contributed by atoms with Gasteiger partial charge in [-0.05, 0) is 24.1 Å². The molecule has 0 fully saturated rings. The van der Waals surface area contributed by atoms with Gasteiger partial charge in [0.25, 0.3) is 5.91 Å². The van der Waals surface area contributed by atoms with Crippen LogP contribution in [0.3, 0.4) is 0 Å². The van der Waals surface area contributed by atoms with Gasteiger partial charge in [-0.15, -0.1) is 5.73 Å². The Morgan fingerprint density at radius 2 is 2.56 bits per heavy atom. The van der Waals surface area contributed by atoms with Crippen molar-refractivity contribution in [3.63, 3.8) is 0 Å². The van der Waals surface area contributed by atoms with E-state index in [2.05, 4.69) is 22.6 Å². The molecule has 0 radical (unpaired) electrons. The predicted octanol–water partition coefficient (Wildman–Crippen LogP) is 1.55. The lowest BCUT2D eigenvalue weighted by atomic mass is 10.2. The van der Waals surface area contributed by atoms with Crippen LogP contribution in [0, 0.1) is 0 Å². The molecule has 0 atom stereocenters. The van der Waals surface area contributed by atoms with Crippen LogP contribution in [-0.2, 0) is 16.0 Å². The fraction of sp³-hybridized carbons (Fsp3) is 0.250. The first-order valence-electron chi connectivity index (χ1n) is 4.87. The number of hydrogen-bond acceptors (Lipinski definition) is 3. The third-order valence-electron chi connectivity index (χ3n) is 1.90. The lowest BCUT2D eigenvalue weighted by Crippen LogP contribution is -2.09. The van der Waals surface area contributed by atoms with Crippen LogP contribution in [0.25, 0.3) is 0 Å². The van der Waals surface area contributed by atoms with E-state index in [0.29, 0.717) is 12.4 Å². The van der Waals surface area contributed by atoms with Crippen molar-refractivity contribution in [2.24, 2.45) is 0 Å². The first-order chi connectivity index (χ1) is 7.76. The van der Waals surface area contributed by atoms with Gasteiger partial charge in [-0.1, -0.05) is 6.58 Å². The fourth-order valence-corrected chi connectivity index (χ4v) is 1.17. The molecule has 1 N–H and O–H groups in total. The molecule has 4 heteroatoms. The standard InChI is InChI=1S/C12H14N2O2/c1-3-4-12(15)14-11-9-10(5-7-13-11)6-8-16-2/h4-5,7,9H,1,6,8H2,2H3,(H,13,14,15). The molecule has 1 rings (SSSR count). The Balaban J connectivity index is 2.66. The number of rotatable bonds is 5. The first-order valence-corrected chi connectivity index (χ1v) is 4.87. The van der Waals surface area contributed by atoms with Crippen LogP contribution in [0.5, 0.6) is 0 Å². The van der Waals surface area contributed by atoms with Crippen molar-refractivity contribution in [3.05, 3.63) is 42.3 Å². The molecular weight excluding hydrogens is 204 g/mol. The summed E-state index contributed by atoms with van der Waals surface area (Å²) in [5.74, 6) is 0.233. The first kappa shape index (κ1) is 12.2. The van der Waals surface area contributed by atoms with Crippen LogP contribution in [0.2, 0.25) is 0 Å². The third-order valence-corrected chi connectivity index (χ3v) is 1.90. The Bertz CT molecular complexity index is 409. The Morgan fingerprint density at radius 3 is 3.25 bits per heavy atom. The van der Waals surface area contributed by atoms with E-state index in [9.17, 15) is 4.79 Å². The molecule has 0 bridgehead atoms. The molecule has 0 saturated carbocycles. The molecule has 0 aromatic carbocycles. The fourth-order valence-electron chi connectivity index (χ4n) is 1.17. The minimum Gasteiger partial charge on any atom is -0.384 e. The number of anilines is 1. The number of ether oxygens (including phenoxy) is 1. The number of hydrogen-bond donors (Lipinski definition) is 1. The molecule has 4 nitrogen and oxygen atoms in total. The third kappa shape index (κ3) is 4.09. The summed E-state index contributed by atoms with van der Waals surface area (Å²) in [6.45, 7) is 3.96. The number of methoxy groups -OCH3 is 1. The zero-order valence-corrected chi connectivity index (χ0v) is 9.19. The van der Waals surface area contributed by atoms with Gasteiger partial charge in [0.2, 0.25) is 0 Å². The second kappa shape index (κ2) is 6.56. The predicted molar refractivity (Wildman–Crippen MR) is 62.2 cm³/mol. The minimum absolute atomic E-state index is 0.286. The second-order valence-corrected chi connectivity index (χ2v) is 3.13. The van der Waals surface area contributed by atoms with Crippen molar-refractivity contribution in [2.75, 3.05) is 19.0 Å². The van der Waals surface area contributed by atoms with E-state index in [4.69, 9.17) is 4.74 Å². The van der Waals surface area contributed by atoms with Gasteiger partial charge in [-0.3, -0.25) is 4.79 Å². The maximum Gasteiger partial charge on any atom is 0.257 e. The number of carbonyl (C=O) groups excluding carboxylic acids is 1. The molecule has 0 aliphatic rings. The average Bonchev–Trinajstić information content (AvgIpc) is 2.27. The molecule has 0 aliphatic carbocycles. The molecule has 0 unspecified atom stereocenters. The van der Waals surface area contributed by atoms with Crippen LogP contribution in [0.15, 0.2) is 36.7 Å². The van der Waals surface area contributed by atoms with Crippen molar-refractivity contribution < 1.29 is 9.53 Å². The van der Waals surface area contributed by atoms with Gasteiger partial charge >= 0.3 is 0 Å². The SMILES string of the molecule is C=C=CC(=O)Nc1cc(CCOC)ccn1. The lowest BCUT2D eigenvalue weighted by Gasteiger charge is -2.04. The van der Waals surface area contributed by atoms with Gasteiger partial charge in [0.05, 0.1) is 6.61 Å². The van der Waals surface area contributed by atoms with Gasteiger partial charge in [0, 0.05) is 19.4 Å². The summed E-state index contributed by atoms with van der Waals surface area (Å²) in [6, 6.07) is 3.70. The highest BCUT2D eigenvalue weighted by Gasteiger charge is 2.00. The highest BCUT2D eigenvalue weighted by Crippen LogP contribution is 2.07. The summed E-state index contributed by atoms with van der Waals surface area (Å²) in [5.41, 5.74) is 3.47. The van der Waals surface area contributed by atoms with E-state index >= 15 is 0 Å². The average molecular weight is 218 g/mol. The largest absolute Gasteiger partial charge is 0.384 e. The molecule has 1 aromatic heterocycles. The molecule has 0 saturated heterocycles. The summed E-state index contributed by atoms with van der Waals surface area (Å²) in [7, 11) is 1.65. The van der Waals surface area contributed by atoms with E-state index in [1.165, 1.54) is 6.08 Å². The van der Waals surface area contributed by atoms with Crippen LogP contribution in [0.1, 0.15) is 5.56 Å². The maximum atomic E-state index is 11.2. The molecule has 16 heavy (non-hydrogen) atoms. The summed E-state index contributed by atoms with van der Waals surface area (Å²) in [4.78, 5) is 15.2. The lowest BCUT2D eigenvalue weighted by molar-refractivity contribution is -0.111. The van der Waals surface area contributed by atoms with Crippen LogP contribution in [-0.4, -0.2) is 24.6 Å². The highest BCUT2D eigenvalue weighted by atomic mass is 16.5. The van der Waals surface area contributed by atoms with Crippen molar-refractivity contribution in [2.45, 2.75) is 6.42 Å². The zero-order chi connectivity index (χ0) is 11.8. The molecule has 84 valence electrons. The van der Waals surface area contributed by atoms with Gasteiger partial charge in [0.15, 0.2) is 0 Å². The summed E-state index contributed by atoms with van der Waals surface area (Å²) >= 11 is 0. The number of amides is 1. The molecule has 0 aliphatic heterocycles. The summed E-state index contributed by atoms with van der Waals surface area (Å²) < 4.78 is 4.97. The number of pyridine rings is 1. The monoisotopic (exact) mass is 218 g/mol. The zero-order valence-electron chi connectivity index (χ0n) is 9.19. The normalized spacial score (nSPS) is 9.31. The molecule has 1 amide bonds. The van der Waals surface area contributed by atoms with E-state index in [0.717, 1.165) is 12.0 Å². The topological polar surface area (TPSA) is 51.2 Å².